The van der Waals surface area contributed by atoms with Crippen molar-refractivity contribution in [1.82, 2.24) is 10.6 Å². The second-order valence-electron chi connectivity index (χ2n) is 7.81. The molecule has 2 unspecified atom stereocenters. The normalized spacial score (nSPS) is 13.2. The molecule has 0 aliphatic heterocycles. The van der Waals surface area contributed by atoms with Gasteiger partial charge in [0.25, 0.3) is 0 Å². The molecular weight excluding hydrogens is 356 g/mol. The SMILES string of the molecule is CCCCCCCCCC(CCN)C(=O)NCC(=O)NC(CN)C(=O)C(C)C. The molecule has 0 heterocycles. The van der Waals surface area contributed by atoms with Crippen molar-refractivity contribution in [1.29, 1.82) is 0 Å². The van der Waals surface area contributed by atoms with E-state index in [2.05, 4.69) is 17.6 Å². The fourth-order valence-electron chi connectivity index (χ4n) is 3.16. The monoisotopic (exact) mass is 398 g/mol. The Morgan fingerprint density at radius 2 is 1.50 bits per heavy atom. The van der Waals surface area contributed by atoms with Crippen molar-refractivity contribution in [3.8, 4) is 0 Å². The Hall–Kier alpha value is -1.47. The van der Waals surface area contributed by atoms with Gasteiger partial charge in [-0.25, -0.2) is 0 Å². The van der Waals surface area contributed by atoms with Gasteiger partial charge in [0.1, 0.15) is 0 Å². The minimum atomic E-state index is -0.711. The first-order valence-corrected chi connectivity index (χ1v) is 10.9. The molecule has 0 bridgehead atoms. The molecule has 7 heteroatoms. The molecule has 2 atom stereocenters. The lowest BCUT2D eigenvalue weighted by Crippen LogP contribution is -2.50. The van der Waals surface area contributed by atoms with E-state index in [-0.39, 0.29) is 36.6 Å². The summed E-state index contributed by atoms with van der Waals surface area (Å²) in [6.45, 7) is 6.07. The Labute approximate surface area is 170 Å². The maximum atomic E-state index is 12.4. The lowest BCUT2D eigenvalue weighted by molar-refractivity contribution is -0.131. The van der Waals surface area contributed by atoms with E-state index in [9.17, 15) is 14.4 Å². The quantitative estimate of drug-likeness (QED) is 0.278. The van der Waals surface area contributed by atoms with E-state index in [1.54, 1.807) is 13.8 Å². The van der Waals surface area contributed by atoms with Gasteiger partial charge in [-0.2, -0.15) is 0 Å². The molecular formula is C21H42N4O3. The van der Waals surface area contributed by atoms with Crippen LogP contribution in [-0.4, -0.2) is 43.3 Å². The van der Waals surface area contributed by atoms with Crippen LogP contribution in [0.4, 0.5) is 0 Å². The second kappa shape index (κ2) is 16.5. The number of rotatable bonds is 17. The molecule has 0 aliphatic carbocycles. The highest BCUT2D eigenvalue weighted by Gasteiger charge is 2.23. The number of Topliss-reactive ketones (excluding diaryl/α,β-unsaturated/α-hetero) is 1. The topological polar surface area (TPSA) is 127 Å². The lowest BCUT2D eigenvalue weighted by atomic mass is 9.96. The summed E-state index contributed by atoms with van der Waals surface area (Å²) in [5, 5.41) is 5.27. The van der Waals surface area contributed by atoms with E-state index in [0.29, 0.717) is 13.0 Å². The molecule has 0 saturated heterocycles. The third-order valence-electron chi connectivity index (χ3n) is 4.95. The number of carbonyl (C=O) groups is 3. The van der Waals surface area contributed by atoms with Gasteiger partial charge in [0.05, 0.1) is 12.6 Å². The van der Waals surface area contributed by atoms with Crippen molar-refractivity contribution in [3.63, 3.8) is 0 Å². The average Bonchev–Trinajstić information content (AvgIpc) is 2.67. The fourth-order valence-corrected chi connectivity index (χ4v) is 3.16. The van der Waals surface area contributed by atoms with Crippen LogP contribution >= 0.6 is 0 Å². The first-order valence-electron chi connectivity index (χ1n) is 10.9. The van der Waals surface area contributed by atoms with Gasteiger partial charge in [-0.3, -0.25) is 14.4 Å². The molecule has 0 aromatic heterocycles. The number of amides is 2. The summed E-state index contributed by atoms with van der Waals surface area (Å²) in [7, 11) is 0. The van der Waals surface area contributed by atoms with Crippen LogP contribution in [0.2, 0.25) is 0 Å². The zero-order valence-corrected chi connectivity index (χ0v) is 18.1. The van der Waals surface area contributed by atoms with E-state index < -0.39 is 11.9 Å². The van der Waals surface area contributed by atoms with Gasteiger partial charge in [0.2, 0.25) is 11.8 Å². The predicted molar refractivity (Wildman–Crippen MR) is 114 cm³/mol. The van der Waals surface area contributed by atoms with Crippen LogP contribution in [0.1, 0.15) is 78.6 Å². The lowest BCUT2D eigenvalue weighted by Gasteiger charge is -2.19. The summed E-state index contributed by atoms with van der Waals surface area (Å²) in [5.74, 6) is -1.04. The molecule has 0 spiro atoms. The van der Waals surface area contributed by atoms with Crippen LogP contribution in [0.3, 0.4) is 0 Å². The van der Waals surface area contributed by atoms with Crippen LogP contribution in [0.25, 0.3) is 0 Å². The summed E-state index contributed by atoms with van der Waals surface area (Å²) < 4.78 is 0. The maximum absolute atomic E-state index is 12.4. The van der Waals surface area contributed by atoms with Crippen molar-refractivity contribution in [2.75, 3.05) is 19.6 Å². The molecule has 0 fully saturated rings. The molecule has 0 radical (unpaired) electrons. The maximum Gasteiger partial charge on any atom is 0.240 e. The van der Waals surface area contributed by atoms with Crippen LogP contribution in [0.15, 0.2) is 0 Å². The van der Waals surface area contributed by atoms with Gasteiger partial charge in [-0.05, 0) is 19.4 Å². The number of nitrogens with two attached hydrogens (primary N) is 2. The number of unbranched alkanes of at least 4 members (excludes halogenated alkanes) is 6. The van der Waals surface area contributed by atoms with Gasteiger partial charge >= 0.3 is 0 Å². The van der Waals surface area contributed by atoms with Crippen LogP contribution in [0.5, 0.6) is 0 Å². The molecule has 28 heavy (non-hydrogen) atoms. The van der Waals surface area contributed by atoms with E-state index in [1.165, 1.54) is 32.1 Å². The fraction of sp³-hybridized carbons (Fsp3) is 0.857. The van der Waals surface area contributed by atoms with E-state index in [1.807, 2.05) is 0 Å². The number of nitrogens with one attached hydrogen (secondary N) is 2. The zero-order chi connectivity index (χ0) is 21.4. The largest absolute Gasteiger partial charge is 0.347 e. The highest BCUT2D eigenvalue weighted by molar-refractivity contribution is 5.92. The smallest absolute Gasteiger partial charge is 0.240 e. The highest BCUT2D eigenvalue weighted by Crippen LogP contribution is 2.15. The van der Waals surface area contributed by atoms with Crippen LogP contribution < -0.4 is 22.1 Å². The molecule has 0 aromatic rings. The second-order valence-corrected chi connectivity index (χ2v) is 7.81. The first-order chi connectivity index (χ1) is 13.4. The molecule has 0 saturated carbocycles. The molecule has 0 aliphatic rings. The third kappa shape index (κ3) is 12.1. The van der Waals surface area contributed by atoms with Gasteiger partial charge in [0, 0.05) is 18.4 Å². The Kier molecular flexibility index (Phi) is 15.6. The van der Waals surface area contributed by atoms with Crippen molar-refractivity contribution >= 4 is 17.6 Å². The predicted octanol–water partition coefficient (Wildman–Crippen LogP) is 1.88. The third-order valence-corrected chi connectivity index (χ3v) is 4.95. The van der Waals surface area contributed by atoms with Gasteiger partial charge in [-0.1, -0.05) is 65.7 Å². The van der Waals surface area contributed by atoms with Crippen molar-refractivity contribution in [3.05, 3.63) is 0 Å². The summed E-state index contributed by atoms with van der Waals surface area (Å²) in [5.41, 5.74) is 11.2. The standard InChI is InChI=1S/C21H42N4O3/c1-4-5-6-7-8-9-10-11-17(12-13-22)21(28)24-15-19(26)25-18(14-23)20(27)16(2)3/h16-18H,4-15,22-23H2,1-3H3,(H,24,28)(H,25,26). The Morgan fingerprint density at radius 1 is 0.893 bits per heavy atom. The number of ketones is 1. The minimum Gasteiger partial charge on any atom is -0.347 e. The van der Waals surface area contributed by atoms with Crippen molar-refractivity contribution < 1.29 is 14.4 Å². The van der Waals surface area contributed by atoms with Crippen molar-refractivity contribution in [2.24, 2.45) is 23.3 Å². The summed E-state index contributed by atoms with van der Waals surface area (Å²) in [4.78, 5) is 36.4. The summed E-state index contributed by atoms with van der Waals surface area (Å²) >= 11 is 0. The number of hydrogen-bond acceptors (Lipinski definition) is 5. The van der Waals surface area contributed by atoms with Crippen molar-refractivity contribution in [2.45, 2.75) is 84.6 Å². The van der Waals surface area contributed by atoms with Gasteiger partial charge in [0.15, 0.2) is 5.78 Å². The molecule has 7 nitrogen and oxygen atoms in total. The molecule has 164 valence electrons. The zero-order valence-electron chi connectivity index (χ0n) is 18.1. The highest BCUT2D eigenvalue weighted by atomic mass is 16.2. The molecule has 2 amide bonds. The Morgan fingerprint density at radius 3 is 2.04 bits per heavy atom. The number of carbonyl (C=O) groups excluding carboxylic acids is 3. The molecule has 0 rings (SSSR count). The number of hydrogen-bond donors (Lipinski definition) is 4. The Bertz CT molecular complexity index is 455. The summed E-state index contributed by atoms with van der Waals surface area (Å²) in [6, 6.07) is -0.711. The average molecular weight is 399 g/mol. The summed E-state index contributed by atoms with van der Waals surface area (Å²) in [6.07, 6.45) is 9.77. The Balaban J connectivity index is 4.26. The van der Waals surface area contributed by atoms with E-state index >= 15 is 0 Å². The first kappa shape index (κ1) is 26.5. The minimum absolute atomic E-state index is 0.0464. The van der Waals surface area contributed by atoms with E-state index in [0.717, 1.165) is 19.3 Å². The van der Waals surface area contributed by atoms with Gasteiger partial charge < -0.3 is 22.1 Å². The van der Waals surface area contributed by atoms with Crippen LogP contribution in [-0.2, 0) is 14.4 Å². The van der Waals surface area contributed by atoms with Crippen LogP contribution in [0, 0.1) is 11.8 Å². The molecule has 0 aromatic carbocycles. The van der Waals surface area contributed by atoms with E-state index in [4.69, 9.17) is 11.5 Å². The van der Waals surface area contributed by atoms with Gasteiger partial charge in [-0.15, -0.1) is 0 Å². The molecule has 6 N–H and O–H groups in total.